The molecule has 25 heavy (non-hydrogen) atoms. The van der Waals surface area contributed by atoms with E-state index in [1.54, 1.807) is 42.6 Å². The zero-order valence-electron chi connectivity index (χ0n) is 13.5. The van der Waals surface area contributed by atoms with Gasteiger partial charge in [0.05, 0.1) is 5.02 Å². The molecule has 5 heteroatoms. The van der Waals surface area contributed by atoms with Crippen LogP contribution < -0.4 is 10.1 Å². The first-order chi connectivity index (χ1) is 12.2. The number of aromatic nitrogens is 1. The van der Waals surface area contributed by atoms with Gasteiger partial charge in [-0.1, -0.05) is 29.8 Å². The van der Waals surface area contributed by atoms with Crippen LogP contribution in [0.1, 0.15) is 12.1 Å². The second-order valence-electron chi connectivity index (χ2n) is 5.43. The van der Waals surface area contributed by atoms with Crippen LogP contribution in [0.15, 0.2) is 72.9 Å². The van der Waals surface area contributed by atoms with Crippen LogP contribution in [0.2, 0.25) is 5.02 Å². The minimum Gasteiger partial charge on any atom is -0.456 e. The summed E-state index contributed by atoms with van der Waals surface area (Å²) in [6.07, 6.45) is 2.72. The molecule has 4 nitrogen and oxygen atoms in total. The van der Waals surface area contributed by atoms with E-state index < -0.39 is 0 Å². The molecular weight excluding hydrogens is 336 g/mol. The number of pyridine rings is 1. The lowest BCUT2D eigenvalue weighted by Gasteiger charge is -2.09. The van der Waals surface area contributed by atoms with E-state index in [9.17, 15) is 4.79 Å². The molecule has 0 aliphatic heterocycles. The molecule has 1 heterocycles. The molecule has 0 bridgehead atoms. The second kappa shape index (κ2) is 8.31. The van der Waals surface area contributed by atoms with Gasteiger partial charge in [0.1, 0.15) is 11.5 Å². The zero-order valence-corrected chi connectivity index (χ0v) is 14.2. The minimum absolute atomic E-state index is 0.0505. The Bertz CT molecular complexity index is 836. The number of para-hydroxylation sites is 1. The molecule has 0 aliphatic rings. The predicted molar refractivity (Wildman–Crippen MR) is 99.2 cm³/mol. The van der Waals surface area contributed by atoms with Crippen LogP contribution in [0.4, 0.5) is 5.69 Å². The smallest absolute Gasteiger partial charge is 0.224 e. The molecule has 0 atom stereocenters. The lowest BCUT2D eigenvalue weighted by atomic mass is 10.2. The maximum Gasteiger partial charge on any atom is 0.224 e. The average Bonchev–Trinajstić information content (AvgIpc) is 2.64. The highest BCUT2D eigenvalue weighted by Crippen LogP contribution is 2.29. The molecule has 1 aromatic heterocycles. The van der Waals surface area contributed by atoms with Gasteiger partial charge in [0.15, 0.2) is 0 Å². The summed E-state index contributed by atoms with van der Waals surface area (Å²) in [7, 11) is 0. The van der Waals surface area contributed by atoms with Crippen LogP contribution in [0.3, 0.4) is 0 Å². The number of benzene rings is 2. The summed E-state index contributed by atoms with van der Waals surface area (Å²) in [5.74, 6) is 1.20. The molecule has 126 valence electrons. The molecule has 0 saturated heterocycles. The quantitative estimate of drug-likeness (QED) is 0.671. The van der Waals surface area contributed by atoms with Crippen LogP contribution in [0, 0.1) is 0 Å². The number of nitrogens with zero attached hydrogens (tertiary/aromatic N) is 1. The molecule has 0 spiro atoms. The lowest BCUT2D eigenvalue weighted by Crippen LogP contribution is -2.12. The first-order valence-electron chi connectivity index (χ1n) is 7.93. The third-order valence-electron chi connectivity index (χ3n) is 3.54. The van der Waals surface area contributed by atoms with E-state index in [1.165, 1.54) is 0 Å². The van der Waals surface area contributed by atoms with Gasteiger partial charge in [0.2, 0.25) is 5.91 Å². The van der Waals surface area contributed by atoms with Crippen molar-refractivity contribution in [1.82, 2.24) is 4.98 Å². The third kappa shape index (κ3) is 5.06. The van der Waals surface area contributed by atoms with Gasteiger partial charge in [-0.2, -0.15) is 0 Å². The highest BCUT2D eigenvalue weighted by Gasteiger charge is 2.05. The number of amides is 1. The van der Waals surface area contributed by atoms with E-state index in [2.05, 4.69) is 10.3 Å². The van der Waals surface area contributed by atoms with Crippen molar-refractivity contribution < 1.29 is 9.53 Å². The van der Waals surface area contributed by atoms with Gasteiger partial charge in [0.25, 0.3) is 0 Å². The first kappa shape index (κ1) is 17.0. The summed E-state index contributed by atoms with van der Waals surface area (Å²) in [4.78, 5) is 16.2. The molecule has 0 fully saturated rings. The Morgan fingerprint density at radius 2 is 1.76 bits per heavy atom. The standard InChI is InChI=1S/C20H17ClN2O2/c21-18-6-1-2-7-19(18)25-17-11-8-16(9-12-17)23-20(24)13-10-15-5-3-4-14-22-15/h1-9,11-12,14H,10,13H2,(H,23,24). The molecule has 2 aromatic carbocycles. The maximum atomic E-state index is 12.0. The molecule has 3 aromatic rings. The largest absolute Gasteiger partial charge is 0.456 e. The van der Waals surface area contributed by atoms with Crippen LogP contribution >= 0.6 is 11.6 Å². The first-order valence-corrected chi connectivity index (χ1v) is 8.31. The van der Waals surface area contributed by atoms with E-state index in [-0.39, 0.29) is 5.91 Å². The number of hydrogen-bond donors (Lipinski definition) is 1. The number of anilines is 1. The van der Waals surface area contributed by atoms with Crippen molar-refractivity contribution in [3.63, 3.8) is 0 Å². The van der Waals surface area contributed by atoms with Gasteiger partial charge < -0.3 is 10.1 Å². The summed E-state index contributed by atoms with van der Waals surface area (Å²) in [5, 5.41) is 3.42. The fourth-order valence-corrected chi connectivity index (χ4v) is 2.45. The molecular formula is C20H17ClN2O2. The monoisotopic (exact) mass is 352 g/mol. The summed E-state index contributed by atoms with van der Waals surface area (Å²) < 4.78 is 5.72. The van der Waals surface area contributed by atoms with Gasteiger partial charge in [-0.25, -0.2) is 0 Å². The fraction of sp³-hybridized carbons (Fsp3) is 0.100. The van der Waals surface area contributed by atoms with Crippen molar-refractivity contribution in [3.05, 3.63) is 83.6 Å². The Hall–Kier alpha value is -2.85. The summed E-state index contributed by atoms with van der Waals surface area (Å²) in [6.45, 7) is 0. The number of rotatable bonds is 6. The van der Waals surface area contributed by atoms with Gasteiger partial charge in [-0.3, -0.25) is 9.78 Å². The van der Waals surface area contributed by atoms with Gasteiger partial charge in [-0.05, 0) is 55.0 Å². The second-order valence-corrected chi connectivity index (χ2v) is 5.83. The summed E-state index contributed by atoms with van der Waals surface area (Å²) in [5.41, 5.74) is 1.62. The van der Waals surface area contributed by atoms with Crippen molar-refractivity contribution in [2.24, 2.45) is 0 Å². The Labute approximate surface area is 151 Å². The Morgan fingerprint density at radius 3 is 2.48 bits per heavy atom. The third-order valence-corrected chi connectivity index (χ3v) is 3.85. The summed E-state index contributed by atoms with van der Waals surface area (Å²) in [6, 6.07) is 20.1. The van der Waals surface area contributed by atoms with Crippen LogP contribution in [-0.4, -0.2) is 10.9 Å². The normalized spacial score (nSPS) is 10.3. The Kier molecular flexibility index (Phi) is 5.65. The van der Waals surface area contributed by atoms with Crippen molar-refractivity contribution in [1.29, 1.82) is 0 Å². The average molecular weight is 353 g/mol. The van der Waals surface area contributed by atoms with Crippen LogP contribution in [0.5, 0.6) is 11.5 Å². The SMILES string of the molecule is O=C(CCc1ccccn1)Nc1ccc(Oc2ccccc2Cl)cc1. The molecule has 1 amide bonds. The lowest BCUT2D eigenvalue weighted by molar-refractivity contribution is -0.116. The van der Waals surface area contributed by atoms with Gasteiger partial charge in [0, 0.05) is 24.0 Å². The van der Waals surface area contributed by atoms with Gasteiger partial charge in [-0.15, -0.1) is 0 Å². The van der Waals surface area contributed by atoms with E-state index in [1.807, 2.05) is 30.3 Å². The minimum atomic E-state index is -0.0505. The molecule has 0 unspecified atom stereocenters. The van der Waals surface area contributed by atoms with Crippen LogP contribution in [0.25, 0.3) is 0 Å². The maximum absolute atomic E-state index is 12.0. The topological polar surface area (TPSA) is 51.2 Å². The van der Waals surface area contributed by atoms with Crippen molar-refractivity contribution >= 4 is 23.2 Å². The van der Waals surface area contributed by atoms with E-state index in [0.29, 0.717) is 29.4 Å². The molecule has 0 saturated carbocycles. The number of halogens is 1. The number of carbonyl (C=O) groups excluding carboxylic acids is 1. The number of nitrogens with one attached hydrogen (secondary N) is 1. The van der Waals surface area contributed by atoms with Crippen molar-refractivity contribution in [3.8, 4) is 11.5 Å². The Morgan fingerprint density at radius 1 is 1.00 bits per heavy atom. The van der Waals surface area contributed by atoms with Crippen molar-refractivity contribution in [2.75, 3.05) is 5.32 Å². The van der Waals surface area contributed by atoms with E-state index in [4.69, 9.17) is 16.3 Å². The molecule has 0 radical (unpaired) electrons. The van der Waals surface area contributed by atoms with E-state index in [0.717, 1.165) is 11.4 Å². The van der Waals surface area contributed by atoms with E-state index >= 15 is 0 Å². The Balaban J connectivity index is 1.53. The van der Waals surface area contributed by atoms with Gasteiger partial charge >= 0.3 is 0 Å². The number of hydrogen-bond acceptors (Lipinski definition) is 3. The predicted octanol–water partition coefficient (Wildman–Crippen LogP) is 5.10. The number of carbonyl (C=O) groups is 1. The number of ether oxygens (including phenoxy) is 1. The highest BCUT2D eigenvalue weighted by molar-refractivity contribution is 6.32. The number of aryl methyl sites for hydroxylation is 1. The summed E-state index contributed by atoms with van der Waals surface area (Å²) >= 11 is 6.07. The van der Waals surface area contributed by atoms with Crippen LogP contribution in [-0.2, 0) is 11.2 Å². The highest BCUT2D eigenvalue weighted by atomic mass is 35.5. The van der Waals surface area contributed by atoms with Crippen molar-refractivity contribution in [2.45, 2.75) is 12.8 Å². The molecule has 3 rings (SSSR count). The zero-order chi connectivity index (χ0) is 17.5. The fourth-order valence-electron chi connectivity index (χ4n) is 2.27. The molecule has 1 N–H and O–H groups in total. The molecule has 0 aliphatic carbocycles.